The maximum atomic E-state index is 13.2. The zero-order valence-electron chi connectivity index (χ0n) is 18.2. The Labute approximate surface area is 193 Å². The van der Waals surface area contributed by atoms with Gasteiger partial charge in [0.1, 0.15) is 12.0 Å². The Bertz CT molecular complexity index is 1100. The molecule has 10 nitrogen and oxygen atoms in total. The van der Waals surface area contributed by atoms with Crippen molar-refractivity contribution in [3.05, 3.63) is 54.1 Å². The number of pyridine rings is 1. The number of aromatic nitrogens is 3. The maximum absolute atomic E-state index is 13.2. The number of alkyl halides is 3. The van der Waals surface area contributed by atoms with E-state index < -0.39 is 36.7 Å². The summed E-state index contributed by atoms with van der Waals surface area (Å²) in [6.45, 7) is -0.713. The van der Waals surface area contributed by atoms with Gasteiger partial charge in [0.15, 0.2) is 5.69 Å². The van der Waals surface area contributed by atoms with Crippen LogP contribution in [0.25, 0.3) is 0 Å². The van der Waals surface area contributed by atoms with Crippen molar-refractivity contribution in [2.24, 2.45) is 10.7 Å². The summed E-state index contributed by atoms with van der Waals surface area (Å²) >= 11 is 0. The van der Waals surface area contributed by atoms with Gasteiger partial charge in [0.2, 0.25) is 0 Å². The standard InChI is InChI=1S/C21H23F3N8O2/c1-26-19(33)17(29-7-6-21(22,23)24)16(8-25)32-20(34)18-15(30-13-9-27-11-28-10-13)5-4-14(31-18)12-2-3-12/h4-5,8-12,30H,2-3,6-7,25H2,1H3,(H,26,33)(H,32,34). The summed E-state index contributed by atoms with van der Waals surface area (Å²) in [5, 5.41) is 7.74. The molecule has 180 valence electrons. The molecule has 2 heterocycles. The summed E-state index contributed by atoms with van der Waals surface area (Å²) < 4.78 is 37.6. The number of nitrogens with one attached hydrogen (secondary N) is 3. The number of hydrogen-bond donors (Lipinski definition) is 4. The first-order chi connectivity index (χ1) is 16.2. The Hall–Kier alpha value is -4.03. The van der Waals surface area contributed by atoms with Crippen molar-refractivity contribution in [1.82, 2.24) is 25.6 Å². The molecule has 0 aliphatic heterocycles. The Morgan fingerprint density at radius 3 is 2.53 bits per heavy atom. The molecule has 0 aromatic carbocycles. The van der Waals surface area contributed by atoms with Crippen LogP contribution in [0.5, 0.6) is 0 Å². The molecular weight excluding hydrogens is 453 g/mol. The maximum Gasteiger partial charge on any atom is 0.390 e. The van der Waals surface area contributed by atoms with Crippen molar-refractivity contribution in [2.45, 2.75) is 31.4 Å². The van der Waals surface area contributed by atoms with E-state index >= 15 is 0 Å². The molecule has 0 atom stereocenters. The van der Waals surface area contributed by atoms with Gasteiger partial charge >= 0.3 is 6.18 Å². The number of aliphatic imine (C=N–C) groups is 1. The second-order valence-corrected chi connectivity index (χ2v) is 7.37. The van der Waals surface area contributed by atoms with Crippen molar-refractivity contribution < 1.29 is 22.8 Å². The number of carbonyl (C=O) groups is 2. The van der Waals surface area contributed by atoms with E-state index in [1.165, 1.54) is 25.8 Å². The average Bonchev–Trinajstić information content (AvgIpc) is 3.66. The highest BCUT2D eigenvalue weighted by molar-refractivity contribution is 6.45. The van der Waals surface area contributed by atoms with Crippen molar-refractivity contribution >= 4 is 28.9 Å². The smallest absolute Gasteiger partial charge is 0.390 e. The number of carbonyl (C=O) groups excluding carboxylic acids is 2. The largest absolute Gasteiger partial charge is 0.403 e. The van der Waals surface area contributed by atoms with Crippen molar-refractivity contribution in [2.75, 3.05) is 18.9 Å². The van der Waals surface area contributed by atoms with Gasteiger partial charge in [-0.2, -0.15) is 13.2 Å². The van der Waals surface area contributed by atoms with Gasteiger partial charge in [-0.3, -0.25) is 14.6 Å². The van der Waals surface area contributed by atoms with Crippen LogP contribution in [-0.4, -0.2) is 52.2 Å². The van der Waals surface area contributed by atoms with Crippen LogP contribution in [0.15, 0.2) is 47.7 Å². The van der Waals surface area contributed by atoms with Crippen LogP contribution in [-0.2, 0) is 4.79 Å². The molecule has 34 heavy (non-hydrogen) atoms. The van der Waals surface area contributed by atoms with Gasteiger partial charge in [-0.15, -0.1) is 0 Å². The molecular formula is C21H23F3N8O2. The lowest BCUT2D eigenvalue weighted by Crippen LogP contribution is -2.37. The van der Waals surface area contributed by atoms with Crippen LogP contribution in [0, 0.1) is 0 Å². The van der Waals surface area contributed by atoms with Crippen LogP contribution < -0.4 is 21.7 Å². The number of amides is 2. The van der Waals surface area contributed by atoms with Gasteiger partial charge in [-0.25, -0.2) is 15.0 Å². The van der Waals surface area contributed by atoms with E-state index in [9.17, 15) is 22.8 Å². The molecule has 2 aromatic rings. The number of rotatable bonds is 9. The number of nitrogens with zero attached hydrogens (tertiary/aromatic N) is 4. The van der Waals surface area contributed by atoms with E-state index in [-0.39, 0.29) is 17.3 Å². The molecule has 1 aliphatic carbocycles. The SMILES string of the molecule is CNC(=O)C(=NCCC(F)(F)F)C(=CN)NC(=O)c1nc(C2CC2)ccc1Nc1cncnc1. The van der Waals surface area contributed by atoms with Gasteiger partial charge in [-0.05, 0) is 25.0 Å². The lowest BCUT2D eigenvalue weighted by Gasteiger charge is -2.15. The zero-order chi connectivity index (χ0) is 24.7. The van der Waals surface area contributed by atoms with E-state index in [0.29, 0.717) is 11.4 Å². The number of halogens is 3. The Balaban J connectivity index is 1.88. The summed E-state index contributed by atoms with van der Waals surface area (Å²) in [6.07, 6.45) is 1.46. The van der Waals surface area contributed by atoms with Crippen molar-refractivity contribution in [3.63, 3.8) is 0 Å². The quantitative estimate of drug-likeness (QED) is 0.406. The Morgan fingerprint density at radius 1 is 1.24 bits per heavy atom. The minimum Gasteiger partial charge on any atom is -0.403 e. The van der Waals surface area contributed by atoms with Crippen molar-refractivity contribution in [1.29, 1.82) is 0 Å². The molecule has 13 heteroatoms. The lowest BCUT2D eigenvalue weighted by atomic mass is 10.2. The van der Waals surface area contributed by atoms with Crippen LogP contribution in [0.1, 0.15) is 41.4 Å². The molecule has 0 spiro atoms. The van der Waals surface area contributed by atoms with Crippen LogP contribution in [0.3, 0.4) is 0 Å². The van der Waals surface area contributed by atoms with E-state index in [0.717, 1.165) is 24.7 Å². The fourth-order valence-electron chi connectivity index (χ4n) is 2.93. The van der Waals surface area contributed by atoms with Crippen LogP contribution >= 0.6 is 0 Å². The fourth-order valence-corrected chi connectivity index (χ4v) is 2.93. The minimum absolute atomic E-state index is 0.000786. The molecule has 2 amide bonds. The van der Waals surface area contributed by atoms with Gasteiger partial charge in [0.05, 0.1) is 35.9 Å². The average molecular weight is 476 g/mol. The minimum atomic E-state index is -4.46. The van der Waals surface area contributed by atoms with E-state index in [1.807, 2.05) is 0 Å². The third-order valence-electron chi connectivity index (χ3n) is 4.74. The summed E-state index contributed by atoms with van der Waals surface area (Å²) in [5.74, 6) is -1.29. The highest BCUT2D eigenvalue weighted by Crippen LogP contribution is 2.39. The second kappa shape index (κ2) is 10.7. The Morgan fingerprint density at radius 2 is 1.94 bits per heavy atom. The van der Waals surface area contributed by atoms with E-state index in [4.69, 9.17) is 5.73 Å². The molecule has 0 radical (unpaired) electrons. The van der Waals surface area contributed by atoms with E-state index in [2.05, 4.69) is 35.9 Å². The third-order valence-corrected chi connectivity index (χ3v) is 4.74. The first kappa shape index (κ1) is 24.6. The molecule has 3 rings (SSSR count). The first-order valence-corrected chi connectivity index (χ1v) is 10.3. The van der Waals surface area contributed by atoms with Gasteiger partial charge in [0, 0.05) is 31.4 Å². The first-order valence-electron chi connectivity index (χ1n) is 10.3. The normalized spacial score (nSPS) is 14.5. The van der Waals surface area contributed by atoms with Crippen LogP contribution in [0.4, 0.5) is 24.5 Å². The van der Waals surface area contributed by atoms with Crippen molar-refractivity contribution in [3.8, 4) is 0 Å². The molecule has 0 saturated heterocycles. The molecule has 1 saturated carbocycles. The van der Waals surface area contributed by atoms with Gasteiger partial charge in [-0.1, -0.05) is 0 Å². The predicted molar refractivity (Wildman–Crippen MR) is 118 cm³/mol. The zero-order valence-corrected chi connectivity index (χ0v) is 18.2. The summed E-state index contributed by atoms with van der Waals surface area (Å²) in [4.78, 5) is 41.4. The molecule has 0 bridgehead atoms. The lowest BCUT2D eigenvalue weighted by molar-refractivity contribution is -0.132. The molecule has 5 N–H and O–H groups in total. The molecule has 1 aliphatic rings. The highest BCUT2D eigenvalue weighted by atomic mass is 19.4. The number of anilines is 2. The van der Waals surface area contributed by atoms with Gasteiger partial charge < -0.3 is 21.7 Å². The fraction of sp³-hybridized carbons (Fsp3) is 0.333. The van der Waals surface area contributed by atoms with Gasteiger partial charge in [0.25, 0.3) is 11.8 Å². The topological polar surface area (TPSA) is 147 Å². The molecule has 0 unspecified atom stereocenters. The molecule has 2 aromatic heterocycles. The molecule has 1 fully saturated rings. The number of nitrogens with two attached hydrogens (primary N) is 1. The highest BCUT2D eigenvalue weighted by Gasteiger charge is 2.29. The number of hydrogen-bond acceptors (Lipinski definition) is 8. The summed E-state index contributed by atoms with van der Waals surface area (Å²) in [6, 6.07) is 3.49. The second-order valence-electron chi connectivity index (χ2n) is 7.37. The Kier molecular flexibility index (Phi) is 7.76. The summed E-state index contributed by atoms with van der Waals surface area (Å²) in [5.41, 5.74) is 6.47. The van der Waals surface area contributed by atoms with Crippen LogP contribution in [0.2, 0.25) is 0 Å². The predicted octanol–water partition coefficient (Wildman–Crippen LogP) is 2.16. The summed E-state index contributed by atoms with van der Waals surface area (Å²) in [7, 11) is 1.28. The van der Waals surface area contributed by atoms with E-state index in [1.54, 1.807) is 12.1 Å². The monoisotopic (exact) mass is 476 g/mol. The third kappa shape index (κ3) is 6.73.